The van der Waals surface area contributed by atoms with E-state index in [0.29, 0.717) is 22.2 Å². The zero-order valence-electron chi connectivity index (χ0n) is 16.8. The van der Waals surface area contributed by atoms with Gasteiger partial charge in [0.15, 0.2) is 12.4 Å². The summed E-state index contributed by atoms with van der Waals surface area (Å²) in [5.41, 5.74) is 2.92. The molecule has 3 rings (SSSR count). The fourth-order valence-corrected chi connectivity index (χ4v) is 2.98. The van der Waals surface area contributed by atoms with E-state index in [4.69, 9.17) is 21.4 Å². The summed E-state index contributed by atoms with van der Waals surface area (Å²) in [4.78, 5) is 23.2. The van der Waals surface area contributed by atoms with E-state index < -0.39 is 5.97 Å². The van der Waals surface area contributed by atoms with Crippen LogP contribution >= 0.6 is 11.6 Å². The lowest BCUT2D eigenvalue weighted by Crippen LogP contribution is -2.16. The number of aromatic nitrogens is 4. The third kappa shape index (κ3) is 4.98. The maximum Gasteiger partial charge on any atom is 0.356 e. The zero-order valence-corrected chi connectivity index (χ0v) is 17.6. The fraction of sp³-hybridized carbons (Fsp3) is 0.300. The van der Waals surface area contributed by atoms with Crippen LogP contribution in [0.5, 0.6) is 5.75 Å². The average molecular weight is 432 g/mol. The van der Waals surface area contributed by atoms with Crippen LogP contribution < -0.4 is 10.1 Å². The van der Waals surface area contributed by atoms with Gasteiger partial charge in [-0.3, -0.25) is 9.48 Å². The standard InChI is InChI=1S/C20H22ClN5O4/c1-12-10-15(4-5-16(12)21)30-11-26-14(3)19(13(2)23-26)22-18(27)7-9-25-8-6-17(24-25)20(28)29/h4-6,8,10H,7,9,11H2,1-3H3,(H,22,27)(H,28,29). The highest BCUT2D eigenvalue weighted by atomic mass is 35.5. The van der Waals surface area contributed by atoms with Crippen LogP contribution in [-0.4, -0.2) is 36.5 Å². The molecule has 0 aliphatic carbocycles. The summed E-state index contributed by atoms with van der Waals surface area (Å²) in [6.45, 7) is 6.01. The number of hydrogen-bond acceptors (Lipinski definition) is 5. The van der Waals surface area contributed by atoms with Crippen LogP contribution in [-0.2, 0) is 18.1 Å². The van der Waals surface area contributed by atoms with Crippen molar-refractivity contribution in [1.82, 2.24) is 19.6 Å². The second-order valence-corrected chi connectivity index (χ2v) is 7.20. The second kappa shape index (κ2) is 9.00. The van der Waals surface area contributed by atoms with Crippen LogP contribution in [0.4, 0.5) is 5.69 Å². The van der Waals surface area contributed by atoms with E-state index in [0.717, 1.165) is 11.3 Å². The Bertz CT molecular complexity index is 1090. The molecule has 0 aliphatic rings. The number of carboxylic acid groups (broad SMARTS) is 1. The Hall–Kier alpha value is -3.33. The highest BCUT2D eigenvalue weighted by Crippen LogP contribution is 2.23. The minimum Gasteiger partial charge on any atom is -0.476 e. The predicted octanol–water partition coefficient (Wildman–Crippen LogP) is 3.42. The first-order valence-electron chi connectivity index (χ1n) is 9.24. The van der Waals surface area contributed by atoms with Crippen molar-refractivity contribution < 1.29 is 19.4 Å². The van der Waals surface area contributed by atoms with Gasteiger partial charge >= 0.3 is 5.97 Å². The highest BCUT2D eigenvalue weighted by molar-refractivity contribution is 6.31. The van der Waals surface area contributed by atoms with Gasteiger partial charge in [-0.25, -0.2) is 9.48 Å². The van der Waals surface area contributed by atoms with E-state index in [9.17, 15) is 9.59 Å². The first-order chi connectivity index (χ1) is 14.2. The number of nitrogens with zero attached hydrogens (tertiary/aromatic N) is 4. The smallest absolute Gasteiger partial charge is 0.356 e. The van der Waals surface area contributed by atoms with E-state index in [1.807, 2.05) is 19.9 Å². The predicted molar refractivity (Wildman–Crippen MR) is 111 cm³/mol. The van der Waals surface area contributed by atoms with Gasteiger partial charge in [0.05, 0.1) is 17.1 Å². The van der Waals surface area contributed by atoms with Gasteiger partial charge in [-0.1, -0.05) is 11.6 Å². The van der Waals surface area contributed by atoms with Gasteiger partial charge in [0.1, 0.15) is 5.75 Å². The quantitative estimate of drug-likeness (QED) is 0.565. The van der Waals surface area contributed by atoms with E-state index in [2.05, 4.69) is 15.5 Å². The van der Waals surface area contributed by atoms with Crippen molar-refractivity contribution in [2.45, 2.75) is 40.5 Å². The van der Waals surface area contributed by atoms with Crippen LogP contribution in [0.25, 0.3) is 0 Å². The number of rotatable bonds is 8. The van der Waals surface area contributed by atoms with Crippen LogP contribution in [0.2, 0.25) is 5.02 Å². The molecule has 2 aromatic heterocycles. The maximum atomic E-state index is 12.3. The van der Waals surface area contributed by atoms with Gasteiger partial charge < -0.3 is 15.2 Å². The number of hydrogen-bond donors (Lipinski definition) is 2. The van der Waals surface area contributed by atoms with Gasteiger partial charge in [-0.05, 0) is 50.6 Å². The molecule has 10 heteroatoms. The zero-order chi connectivity index (χ0) is 21.8. The summed E-state index contributed by atoms with van der Waals surface area (Å²) in [6, 6.07) is 6.80. The van der Waals surface area contributed by atoms with Crippen molar-refractivity contribution in [3.05, 3.63) is 58.1 Å². The first kappa shape index (κ1) is 21.4. The number of aromatic carboxylic acids is 1. The molecule has 0 spiro atoms. The third-order valence-electron chi connectivity index (χ3n) is 4.56. The third-order valence-corrected chi connectivity index (χ3v) is 4.98. The molecule has 0 radical (unpaired) electrons. The molecule has 1 amide bonds. The van der Waals surface area contributed by atoms with Crippen LogP contribution in [0.1, 0.15) is 33.9 Å². The molecule has 9 nitrogen and oxygen atoms in total. The molecule has 2 heterocycles. The van der Waals surface area contributed by atoms with E-state index in [1.165, 1.54) is 16.9 Å². The second-order valence-electron chi connectivity index (χ2n) is 6.80. The van der Waals surface area contributed by atoms with Crippen molar-refractivity contribution in [2.24, 2.45) is 0 Å². The van der Waals surface area contributed by atoms with Crippen molar-refractivity contribution in [3.8, 4) is 5.75 Å². The topological polar surface area (TPSA) is 111 Å². The number of benzene rings is 1. The number of aryl methyl sites for hydroxylation is 3. The lowest BCUT2D eigenvalue weighted by molar-refractivity contribution is -0.116. The molecule has 0 atom stereocenters. The molecule has 0 saturated heterocycles. The van der Waals surface area contributed by atoms with Gasteiger partial charge in [0.25, 0.3) is 0 Å². The van der Waals surface area contributed by atoms with Crippen molar-refractivity contribution >= 4 is 29.2 Å². The Kier molecular flexibility index (Phi) is 6.41. The summed E-state index contributed by atoms with van der Waals surface area (Å²) in [5.74, 6) is -0.648. The molecule has 0 bridgehead atoms. The van der Waals surface area contributed by atoms with Crippen molar-refractivity contribution in [1.29, 1.82) is 0 Å². The first-order valence-corrected chi connectivity index (χ1v) is 9.62. The molecular formula is C20H22ClN5O4. The SMILES string of the molecule is Cc1cc(OCn2nc(C)c(NC(=O)CCn3ccc(C(=O)O)n3)c2C)ccc1Cl. The Balaban J connectivity index is 1.59. The number of amides is 1. The van der Waals surface area contributed by atoms with Gasteiger partial charge in [-0.15, -0.1) is 0 Å². The van der Waals surface area contributed by atoms with Gasteiger partial charge in [0.2, 0.25) is 5.91 Å². The molecule has 2 N–H and O–H groups in total. The number of ether oxygens (including phenoxy) is 1. The number of halogens is 1. The number of nitrogens with one attached hydrogen (secondary N) is 1. The van der Waals surface area contributed by atoms with Crippen molar-refractivity contribution in [3.63, 3.8) is 0 Å². The molecule has 0 saturated carbocycles. The Morgan fingerprint density at radius 2 is 1.97 bits per heavy atom. The minimum absolute atomic E-state index is 0.0562. The number of carbonyl (C=O) groups is 2. The monoisotopic (exact) mass is 431 g/mol. The summed E-state index contributed by atoms with van der Waals surface area (Å²) in [5, 5.41) is 20.7. The molecule has 30 heavy (non-hydrogen) atoms. The lowest BCUT2D eigenvalue weighted by atomic mass is 10.2. The minimum atomic E-state index is -1.10. The van der Waals surface area contributed by atoms with Crippen LogP contribution in [0.15, 0.2) is 30.5 Å². The molecule has 0 unspecified atom stereocenters. The largest absolute Gasteiger partial charge is 0.476 e. The van der Waals surface area contributed by atoms with E-state index >= 15 is 0 Å². The Morgan fingerprint density at radius 1 is 1.20 bits per heavy atom. The molecule has 0 aliphatic heterocycles. The average Bonchev–Trinajstić information content (AvgIpc) is 3.28. The normalized spacial score (nSPS) is 10.8. The van der Waals surface area contributed by atoms with Crippen LogP contribution in [0, 0.1) is 20.8 Å². The molecule has 0 fully saturated rings. The molecule has 158 valence electrons. The summed E-state index contributed by atoms with van der Waals surface area (Å²) in [7, 11) is 0. The summed E-state index contributed by atoms with van der Waals surface area (Å²) >= 11 is 6.03. The van der Waals surface area contributed by atoms with Gasteiger partial charge in [0, 0.05) is 24.2 Å². The van der Waals surface area contributed by atoms with E-state index in [-0.39, 0.29) is 31.3 Å². The fourth-order valence-electron chi connectivity index (χ4n) is 2.86. The molecule has 1 aromatic carbocycles. The molecule has 3 aromatic rings. The molecular weight excluding hydrogens is 410 g/mol. The lowest BCUT2D eigenvalue weighted by Gasteiger charge is -2.10. The Morgan fingerprint density at radius 3 is 2.63 bits per heavy atom. The number of carbonyl (C=O) groups excluding carboxylic acids is 1. The van der Waals surface area contributed by atoms with Crippen molar-refractivity contribution in [2.75, 3.05) is 5.32 Å². The van der Waals surface area contributed by atoms with Crippen LogP contribution in [0.3, 0.4) is 0 Å². The van der Waals surface area contributed by atoms with Gasteiger partial charge in [-0.2, -0.15) is 10.2 Å². The summed E-state index contributed by atoms with van der Waals surface area (Å²) < 4.78 is 8.87. The number of carboxylic acids is 1. The maximum absolute atomic E-state index is 12.3. The number of anilines is 1. The highest BCUT2D eigenvalue weighted by Gasteiger charge is 2.15. The summed E-state index contributed by atoms with van der Waals surface area (Å²) in [6.07, 6.45) is 1.67. The Labute approximate surface area is 178 Å². The van der Waals surface area contributed by atoms with E-state index in [1.54, 1.807) is 23.7 Å².